The van der Waals surface area contributed by atoms with Gasteiger partial charge >= 0.3 is 0 Å². The molecule has 0 amide bonds. The fourth-order valence-electron chi connectivity index (χ4n) is 3.50. The number of likely N-dealkylation sites (N-methyl/N-ethyl adjacent to an activating group) is 1. The summed E-state index contributed by atoms with van der Waals surface area (Å²) in [6.07, 6.45) is 5.27. The lowest BCUT2D eigenvalue weighted by Crippen LogP contribution is -2.23. The van der Waals surface area contributed by atoms with Gasteiger partial charge in [0.2, 0.25) is 0 Å². The molecule has 0 aromatic heterocycles. The number of anilines is 2. The molecule has 0 radical (unpaired) electrons. The Hall–Kier alpha value is -2.81. The molecule has 134 valence electrons. The van der Waals surface area contributed by atoms with Crippen molar-refractivity contribution < 1.29 is 4.79 Å². The topological polar surface area (TPSA) is 23.6 Å². The molecule has 2 aromatic carbocycles. The van der Waals surface area contributed by atoms with Gasteiger partial charge < -0.3 is 9.80 Å². The molecule has 1 aliphatic heterocycles. The first-order valence-electron chi connectivity index (χ1n) is 8.85. The van der Waals surface area contributed by atoms with E-state index in [1.165, 1.54) is 11.3 Å². The SMILES string of the molecule is CN(C)c1ccc(/C=C/C(=O)/C=C2\N(C)c3ccccc3C2(C)C)cc1. The molecule has 0 fully saturated rings. The van der Waals surface area contributed by atoms with E-state index >= 15 is 0 Å². The Morgan fingerprint density at radius 1 is 1.04 bits per heavy atom. The second kappa shape index (κ2) is 6.83. The van der Waals surface area contributed by atoms with Crippen LogP contribution in [0.2, 0.25) is 0 Å². The first-order valence-corrected chi connectivity index (χ1v) is 8.85. The van der Waals surface area contributed by atoms with Gasteiger partial charge in [0.1, 0.15) is 0 Å². The van der Waals surface area contributed by atoms with Crippen LogP contribution < -0.4 is 9.80 Å². The molecule has 3 nitrogen and oxygen atoms in total. The van der Waals surface area contributed by atoms with Crippen LogP contribution >= 0.6 is 0 Å². The van der Waals surface area contributed by atoms with E-state index in [-0.39, 0.29) is 11.2 Å². The van der Waals surface area contributed by atoms with E-state index in [9.17, 15) is 4.79 Å². The predicted octanol–water partition coefficient (Wildman–Crippen LogP) is 4.65. The number of fused-ring (bicyclic) bond motifs is 1. The number of hydrogen-bond acceptors (Lipinski definition) is 3. The summed E-state index contributed by atoms with van der Waals surface area (Å²) in [4.78, 5) is 16.7. The maximum atomic E-state index is 12.5. The third-order valence-electron chi connectivity index (χ3n) is 5.07. The van der Waals surface area contributed by atoms with Gasteiger partial charge in [0, 0.05) is 49.7 Å². The van der Waals surface area contributed by atoms with Gasteiger partial charge in [-0.2, -0.15) is 0 Å². The highest BCUT2D eigenvalue weighted by molar-refractivity contribution is 6.03. The number of para-hydroxylation sites is 1. The molecule has 0 saturated carbocycles. The molecule has 26 heavy (non-hydrogen) atoms. The molecule has 3 rings (SSSR count). The number of benzene rings is 2. The molecular weight excluding hydrogens is 320 g/mol. The average Bonchev–Trinajstić information content (AvgIpc) is 2.81. The number of ketones is 1. The highest BCUT2D eigenvalue weighted by atomic mass is 16.1. The minimum absolute atomic E-state index is 0.00409. The number of carbonyl (C=O) groups is 1. The first kappa shape index (κ1) is 18.0. The average molecular weight is 346 g/mol. The standard InChI is InChI=1S/C23H26N2O/c1-23(2)20-8-6-7-9-21(20)25(5)22(23)16-19(26)15-12-17-10-13-18(14-11-17)24(3)4/h6-16H,1-5H3/b15-12+,22-16-. The number of carbonyl (C=O) groups excluding carboxylic acids is 1. The number of nitrogens with zero attached hydrogens (tertiary/aromatic N) is 2. The van der Waals surface area contributed by atoms with Crippen molar-refractivity contribution in [2.75, 3.05) is 30.9 Å². The highest BCUT2D eigenvalue weighted by Crippen LogP contribution is 2.46. The first-order chi connectivity index (χ1) is 12.3. The summed E-state index contributed by atoms with van der Waals surface area (Å²) in [7, 11) is 6.05. The monoisotopic (exact) mass is 346 g/mol. The van der Waals surface area contributed by atoms with E-state index in [1.54, 1.807) is 12.2 Å². The van der Waals surface area contributed by atoms with Crippen LogP contribution in [0.4, 0.5) is 11.4 Å². The predicted molar refractivity (Wildman–Crippen MR) is 111 cm³/mol. The Labute approximate surface area is 156 Å². The van der Waals surface area contributed by atoms with Crippen molar-refractivity contribution >= 4 is 23.2 Å². The summed E-state index contributed by atoms with van der Waals surface area (Å²) in [5, 5.41) is 0. The molecule has 0 bridgehead atoms. The molecule has 1 heterocycles. The van der Waals surface area contributed by atoms with Crippen LogP contribution in [0.15, 0.2) is 66.4 Å². The number of hydrogen-bond donors (Lipinski definition) is 0. The molecule has 1 aliphatic rings. The van der Waals surface area contributed by atoms with Gasteiger partial charge in [-0.3, -0.25) is 4.79 Å². The van der Waals surface area contributed by atoms with E-state index in [4.69, 9.17) is 0 Å². The van der Waals surface area contributed by atoms with Crippen molar-refractivity contribution in [2.24, 2.45) is 0 Å². The Morgan fingerprint density at radius 3 is 2.31 bits per heavy atom. The van der Waals surface area contributed by atoms with Gasteiger partial charge in [0.15, 0.2) is 5.78 Å². The lowest BCUT2D eigenvalue weighted by atomic mass is 9.83. The Bertz CT molecular complexity index is 873. The maximum Gasteiger partial charge on any atom is 0.180 e. The largest absolute Gasteiger partial charge is 0.378 e. The molecule has 0 N–H and O–H groups in total. The zero-order chi connectivity index (χ0) is 18.9. The Morgan fingerprint density at radius 2 is 1.69 bits per heavy atom. The summed E-state index contributed by atoms with van der Waals surface area (Å²) < 4.78 is 0. The summed E-state index contributed by atoms with van der Waals surface area (Å²) in [6.45, 7) is 4.33. The normalized spacial score (nSPS) is 17.0. The minimum Gasteiger partial charge on any atom is -0.378 e. The van der Waals surface area contributed by atoms with Crippen LogP contribution in [0.5, 0.6) is 0 Å². The van der Waals surface area contributed by atoms with Crippen LogP contribution in [0, 0.1) is 0 Å². The van der Waals surface area contributed by atoms with E-state index < -0.39 is 0 Å². The highest BCUT2D eigenvalue weighted by Gasteiger charge is 2.38. The van der Waals surface area contributed by atoms with Gasteiger partial charge in [-0.1, -0.05) is 50.3 Å². The van der Waals surface area contributed by atoms with Gasteiger partial charge in [0.05, 0.1) is 0 Å². The van der Waals surface area contributed by atoms with E-state index in [0.29, 0.717) is 0 Å². The molecular formula is C23H26N2O. The van der Waals surface area contributed by atoms with Crippen LogP contribution in [0.1, 0.15) is 25.0 Å². The fourth-order valence-corrected chi connectivity index (χ4v) is 3.50. The van der Waals surface area contributed by atoms with Crippen LogP contribution in [-0.4, -0.2) is 26.9 Å². The minimum atomic E-state index is -0.178. The number of rotatable bonds is 4. The zero-order valence-electron chi connectivity index (χ0n) is 16.2. The molecule has 0 spiro atoms. The van der Waals surface area contributed by atoms with E-state index in [1.807, 2.05) is 57.6 Å². The molecule has 0 aliphatic carbocycles. The third kappa shape index (κ3) is 3.30. The second-order valence-electron chi connectivity index (χ2n) is 7.45. The second-order valence-corrected chi connectivity index (χ2v) is 7.45. The molecule has 2 aromatic rings. The molecule has 0 atom stereocenters. The van der Waals surface area contributed by atoms with Crippen molar-refractivity contribution in [1.29, 1.82) is 0 Å². The van der Waals surface area contributed by atoms with Crippen LogP contribution in [0.3, 0.4) is 0 Å². The molecule has 0 saturated heterocycles. The lowest BCUT2D eigenvalue weighted by Gasteiger charge is -2.23. The van der Waals surface area contributed by atoms with Gasteiger partial charge in [-0.15, -0.1) is 0 Å². The fraction of sp³-hybridized carbons (Fsp3) is 0.261. The third-order valence-corrected chi connectivity index (χ3v) is 5.07. The summed E-state index contributed by atoms with van der Waals surface area (Å²) >= 11 is 0. The number of allylic oxidation sites excluding steroid dienone is 3. The molecule has 0 unspecified atom stereocenters. The van der Waals surface area contributed by atoms with Crippen molar-refractivity contribution in [3.63, 3.8) is 0 Å². The lowest BCUT2D eigenvalue weighted by molar-refractivity contribution is -0.110. The zero-order valence-corrected chi connectivity index (χ0v) is 16.2. The van der Waals surface area contributed by atoms with E-state index in [2.05, 4.69) is 41.8 Å². The summed E-state index contributed by atoms with van der Waals surface area (Å²) in [5.74, 6) is 0.00409. The van der Waals surface area contributed by atoms with Gasteiger partial charge in [0.25, 0.3) is 0 Å². The quantitative estimate of drug-likeness (QED) is 0.753. The van der Waals surface area contributed by atoms with E-state index in [0.717, 1.165) is 16.9 Å². The van der Waals surface area contributed by atoms with Gasteiger partial charge in [-0.05, 0) is 35.4 Å². The van der Waals surface area contributed by atoms with Gasteiger partial charge in [-0.25, -0.2) is 0 Å². The van der Waals surface area contributed by atoms with Crippen molar-refractivity contribution in [3.05, 3.63) is 77.5 Å². The summed E-state index contributed by atoms with van der Waals surface area (Å²) in [6, 6.07) is 16.5. The van der Waals surface area contributed by atoms with Crippen molar-refractivity contribution in [1.82, 2.24) is 0 Å². The Kier molecular flexibility index (Phi) is 4.73. The summed E-state index contributed by atoms with van der Waals surface area (Å²) in [5.41, 5.74) is 5.43. The van der Waals surface area contributed by atoms with Crippen molar-refractivity contribution in [3.8, 4) is 0 Å². The van der Waals surface area contributed by atoms with Crippen LogP contribution in [-0.2, 0) is 10.2 Å². The molecule has 3 heteroatoms. The van der Waals surface area contributed by atoms with Crippen LogP contribution in [0.25, 0.3) is 6.08 Å². The maximum absolute atomic E-state index is 12.5. The Balaban J connectivity index is 1.81. The smallest absolute Gasteiger partial charge is 0.180 e. The van der Waals surface area contributed by atoms with Crippen molar-refractivity contribution in [2.45, 2.75) is 19.3 Å².